The lowest BCUT2D eigenvalue weighted by Crippen LogP contribution is -2.33. The van der Waals surface area contributed by atoms with Gasteiger partial charge < -0.3 is 5.11 Å². The molecule has 1 aromatic rings. The Bertz CT molecular complexity index is 312. The first-order valence-corrected chi connectivity index (χ1v) is 5.82. The Kier molecular flexibility index (Phi) is 3.06. The van der Waals surface area contributed by atoms with Crippen molar-refractivity contribution in [1.29, 1.82) is 0 Å². The molecule has 1 saturated carbocycles. The average Bonchev–Trinajstić information content (AvgIpc) is 2.22. The predicted molar refractivity (Wildman–Crippen MR) is 60.7 cm³/mol. The lowest BCUT2D eigenvalue weighted by Gasteiger charge is -2.32. The van der Waals surface area contributed by atoms with Crippen LogP contribution in [-0.4, -0.2) is 15.7 Å². The summed E-state index contributed by atoms with van der Waals surface area (Å²) in [7, 11) is 0. The molecule has 0 atom stereocenters. The van der Waals surface area contributed by atoms with Crippen molar-refractivity contribution in [3.8, 4) is 0 Å². The average molecular weight is 205 g/mol. The minimum absolute atomic E-state index is 0.463. The van der Waals surface area contributed by atoms with Gasteiger partial charge in [-0.3, -0.25) is 4.98 Å². The van der Waals surface area contributed by atoms with Crippen molar-refractivity contribution in [3.63, 3.8) is 0 Å². The summed E-state index contributed by atoms with van der Waals surface area (Å²) in [5, 5.41) is 10.4. The van der Waals surface area contributed by atoms with Crippen molar-refractivity contribution in [1.82, 2.24) is 4.98 Å². The highest BCUT2D eigenvalue weighted by atomic mass is 16.3. The monoisotopic (exact) mass is 205 g/mol. The predicted octanol–water partition coefficient (Wildman–Crippen LogP) is 2.63. The normalized spacial score (nSPS) is 20.1. The van der Waals surface area contributed by atoms with Gasteiger partial charge in [-0.05, 0) is 31.4 Å². The van der Waals surface area contributed by atoms with Gasteiger partial charge in [0, 0.05) is 18.3 Å². The molecule has 2 nitrogen and oxygen atoms in total. The zero-order valence-electron chi connectivity index (χ0n) is 9.37. The van der Waals surface area contributed by atoms with Gasteiger partial charge in [0.1, 0.15) is 0 Å². The van der Waals surface area contributed by atoms with Gasteiger partial charge in [0.2, 0.25) is 0 Å². The molecular weight excluding hydrogens is 186 g/mol. The molecule has 1 N–H and O–H groups in total. The van der Waals surface area contributed by atoms with Crippen LogP contribution in [0.5, 0.6) is 0 Å². The summed E-state index contributed by atoms with van der Waals surface area (Å²) in [6, 6.07) is 4.09. The van der Waals surface area contributed by atoms with Crippen molar-refractivity contribution in [2.45, 2.75) is 51.0 Å². The smallest absolute Gasteiger partial charge is 0.0688 e. The second-order valence-corrected chi connectivity index (χ2v) is 4.77. The summed E-state index contributed by atoms with van der Waals surface area (Å²) < 4.78 is 0. The van der Waals surface area contributed by atoms with Crippen LogP contribution >= 0.6 is 0 Å². The molecule has 0 saturated heterocycles. The second kappa shape index (κ2) is 4.31. The molecule has 1 heterocycles. The van der Waals surface area contributed by atoms with Gasteiger partial charge in [-0.15, -0.1) is 0 Å². The molecule has 1 fully saturated rings. The minimum Gasteiger partial charge on any atom is -0.390 e. The third-order valence-corrected chi connectivity index (χ3v) is 3.29. The number of rotatable bonds is 2. The van der Waals surface area contributed by atoms with E-state index in [9.17, 15) is 5.11 Å². The Hall–Kier alpha value is -0.890. The van der Waals surface area contributed by atoms with Crippen molar-refractivity contribution < 1.29 is 5.11 Å². The molecular formula is C13H19NO. The molecule has 0 aromatic carbocycles. The van der Waals surface area contributed by atoms with E-state index in [0.717, 1.165) is 43.4 Å². The Morgan fingerprint density at radius 2 is 2.00 bits per heavy atom. The Morgan fingerprint density at radius 1 is 1.27 bits per heavy atom. The molecule has 0 unspecified atom stereocenters. The van der Waals surface area contributed by atoms with E-state index in [1.54, 1.807) is 0 Å². The number of nitrogens with zero attached hydrogens (tertiary/aromatic N) is 1. The Morgan fingerprint density at radius 3 is 2.60 bits per heavy atom. The van der Waals surface area contributed by atoms with Crippen LogP contribution in [0.2, 0.25) is 0 Å². The number of pyridine rings is 1. The van der Waals surface area contributed by atoms with Crippen LogP contribution in [-0.2, 0) is 6.42 Å². The van der Waals surface area contributed by atoms with Gasteiger partial charge in [0.25, 0.3) is 0 Å². The highest BCUT2D eigenvalue weighted by Gasteiger charge is 2.29. The maximum atomic E-state index is 10.4. The van der Waals surface area contributed by atoms with E-state index in [2.05, 4.69) is 11.1 Å². The summed E-state index contributed by atoms with van der Waals surface area (Å²) in [6.45, 7) is 1.99. The largest absolute Gasteiger partial charge is 0.390 e. The number of hydrogen-bond donors (Lipinski definition) is 1. The van der Waals surface area contributed by atoms with Crippen LogP contribution in [0.4, 0.5) is 0 Å². The van der Waals surface area contributed by atoms with Gasteiger partial charge in [-0.25, -0.2) is 0 Å². The summed E-state index contributed by atoms with van der Waals surface area (Å²) in [5.41, 5.74) is 1.73. The van der Waals surface area contributed by atoms with E-state index in [0.29, 0.717) is 0 Å². The quantitative estimate of drug-likeness (QED) is 0.805. The third-order valence-electron chi connectivity index (χ3n) is 3.29. The summed E-state index contributed by atoms with van der Waals surface area (Å²) in [5.74, 6) is 0. The molecule has 0 amide bonds. The zero-order chi connectivity index (χ0) is 10.7. The first kappa shape index (κ1) is 10.6. The molecule has 0 aliphatic heterocycles. The van der Waals surface area contributed by atoms with E-state index in [-0.39, 0.29) is 0 Å². The fourth-order valence-electron chi connectivity index (χ4n) is 2.37. The molecule has 1 aliphatic rings. The van der Waals surface area contributed by atoms with E-state index >= 15 is 0 Å². The second-order valence-electron chi connectivity index (χ2n) is 4.77. The van der Waals surface area contributed by atoms with Gasteiger partial charge in [0.05, 0.1) is 5.60 Å². The molecule has 0 radical (unpaired) electrons. The van der Waals surface area contributed by atoms with Crippen LogP contribution in [0.3, 0.4) is 0 Å². The summed E-state index contributed by atoms with van der Waals surface area (Å²) in [4.78, 5) is 4.26. The van der Waals surface area contributed by atoms with Gasteiger partial charge in [-0.1, -0.05) is 25.3 Å². The third kappa shape index (κ3) is 2.78. The standard InChI is InChI=1S/C13H19NO/c1-11-5-6-12(10-14-11)9-13(15)7-3-2-4-8-13/h5-6,10,15H,2-4,7-9H2,1H3. The molecule has 82 valence electrons. The van der Waals surface area contributed by atoms with Crippen molar-refractivity contribution in [3.05, 3.63) is 29.6 Å². The van der Waals surface area contributed by atoms with Crippen molar-refractivity contribution in [2.75, 3.05) is 0 Å². The number of aryl methyl sites for hydroxylation is 1. The Balaban J connectivity index is 2.03. The lowest BCUT2D eigenvalue weighted by atomic mass is 9.81. The summed E-state index contributed by atoms with van der Waals surface area (Å²) >= 11 is 0. The van der Waals surface area contributed by atoms with E-state index in [1.165, 1.54) is 6.42 Å². The van der Waals surface area contributed by atoms with Crippen LogP contribution in [0.1, 0.15) is 43.4 Å². The first-order valence-electron chi connectivity index (χ1n) is 5.82. The number of hydrogen-bond acceptors (Lipinski definition) is 2. The number of aromatic nitrogens is 1. The maximum Gasteiger partial charge on any atom is 0.0688 e. The molecule has 1 aliphatic carbocycles. The van der Waals surface area contributed by atoms with Gasteiger partial charge in [-0.2, -0.15) is 0 Å². The Labute approximate surface area is 91.4 Å². The SMILES string of the molecule is Cc1ccc(CC2(O)CCCCC2)cn1. The fraction of sp³-hybridized carbons (Fsp3) is 0.615. The maximum absolute atomic E-state index is 10.4. The minimum atomic E-state index is -0.463. The van der Waals surface area contributed by atoms with Crippen molar-refractivity contribution >= 4 is 0 Å². The molecule has 1 aromatic heterocycles. The molecule has 0 spiro atoms. The van der Waals surface area contributed by atoms with Gasteiger partial charge >= 0.3 is 0 Å². The molecule has 2 rings (SSSR count). The topological polar surface area (TPSA) is 33.1 Å². The van der Waals surface area contributed by atoms with E-state index in [1.807, 2.05) is 19.2 Å². The molecule has 0 bridgehead atoms. The van der Waals surface area contributed by atoms with Crippen LogP contribution in [0, 0.1) is 6.92 Å². The molecule has 15 heavy (non-hydrogen) atoms. The highest BCUT2D eigenvalue weighted by Crippen LogP contribution is 2.30. The lowest BCUT2D eigenvalue weighted by molar-refractivity contribution is 0.00442. The van der Waals surface area contributed by atoms with E-state index < -0.39 is 5.60 Å². The highest BCUT2D eigenvalue weighted by molar-refractivity contribution is 5.15. The van der Waals surface area contributed by atoms with Gasteiger partial charge in [0.15, 0.2) is 0 Å². The molecule has 2 heteroatoms. The van der Waals surface area contributed by atoms with Crippen molar-refractivity contribution in [2.24, 2.45) is 0 Å². The van der Waals surface area contributed by atoms with Crippen LogP contribution in [0.15, 0.2) is 18.3 Å². The van der Waals surface area contributed by atoms with Crippen LogP contribution in [0.25, 0.3) is 0 Å². The summed E-state index contributed by atoms with van der Waals surface area (Å²) in [6.07, 6.45) is 8.14. The van der Waals surface area contributed by atoms with Crippen LogP contribution < -0.4 is 0 Å². The van der Waals surface area contributed by atoms with E-state index in [4.69, 9.17) is 0 Å². The fourth-order valence-corrected chi connectivity index (χ4v) is 2.37. The number of aliphatic hydroxyl groups is 1. The zero-order valence-corrected chi connectivity index (χ0v) is 9.37. The first-order chi connectivity index (χ1) is 7.18.